The number of rotatable bonds is 5. The number of ether oxygens (including phenoxy) is 1. The molecule has 1 saturated carbocycles. The summed E-state index contributed by atoms with van der Waals surface area (Å²) in [6, 6.07) is 11.6. The molecule has 5 rings (SSSR count). The van der Waals surface area contributed by atoms with E-state index in [0.29, 0.717) is 28.9 Å². The van der Waals surface area contributed by atoms with Crippen molar-refractivity contribution in [2.75, 3.05) is 11.8 Å². The van der Waals surface area contributed by atoms with Crippen molar-refractivity contribution in [3.63, 3.8) is 0 Å². The minimum Gasteiger partial charge on any atom is -0.495 e. The summed E-state index contributed by atoms with van der Waals surface area (Å²) in [7, 11) is -2.55. The van der Waals surface area contributed by atoms with Crippen LogP contribution in [0, 0.1) is 0 Å². The van der Waals surface area contributed by atoms with E-state index in [9.17, 15) is 18.6 Å². The van der Waals surface area contributed by atoms with Crippen LogP contribution in [-0.2, 0) is 27.6 Å². The molecule has 0 atom stereocenters. The van der Waals surface area contributed by atoms with E-state index >= 15 is 0 Å². The number of para-hydroxylation sites is 1. The lowest BCUT2D eigenvalue weighted by Gasteiger charge is -2.26. The van der Waals surface area contributed by atoms with Gasteiger partial charge in [0.2, 0.25) is 0 Å². The zero-order valence-corrected chi connectivity index (χ0v) is 17.9. The van der Waals surface area contributed by atoms with Crippen LogP contribution >= 0.6 is 0 Å². The standard InChI is InChI=1S/C22H22N2O6S/c1-21(25,26)13-7-8-16-14(11-13)19-15(12-22(16)9-10-22)20(23-30-19)24-31(27,28)18-6-4-3-5-17(18)29-2/h3-8,11,25-26H,9-10,12H2,1-2H3,(H,23,24). The predicted octanol–water partition coefficient (Wildman–Crippen LogP) is 2.90. The van der Waals surface area contributed by atoms with Crippen LogP contribution in [0.3, 0.4) is 0 Å². The fraction of sp³-hybridized carbons (Fsp3) is 0.318. The molecule has 2 aliphatic rings. The second-order valence-corrected chi connectivity index (χ2v) is 9.98. The summed E-state index contributed by atoms with van der Waals surface area (Å²) in [4.78, 5) is 0.00482. The molecule has 0 unspecified atom stereocenters. The third kappa shape index (κ3) is 3.20. The molecule has 0 radical (unpaired) electrons. The number of aliphatic hydroxyl groups is 2. The van der Waals surface area contributed by atoms with Crippen LogP contribution in [0.25, 0.3) is 11.3 Å². The Labute approximate surface area is 179 Å². The summed E-state index contributed by atoms with van der Waals surface area (Å²) >= 11 is 0. The van der Waals surface area contributed by atoms with Crippen molar-refractivity contribution in [3.8, 4) is 17.1 Å². The van der Waals surface area contributed by atoms with Crippen LogP contribution in [0.15, 0.2) is 51.9 Å². The first-order valence-electron chi connectivity index (χ1n) is 9.89. The van der Waals surface area contributed by atoms with Gasteiger partial charge in [-0.2, -0.15) is 0 Å². The number of methoxy groups -OCH3 is 1. The molecule has 31 heavy (non-hydrogen) atoms. The molecule has 2 aromatic carbocycles. The van der Waals surface area contributed by atoms with Gasteiger partial charge in [0.15, 0.2) is 17.4 Å². The normalized spacial score (nSPS) is 16.5. The zero-order chi connectivity index (χ0) is 22.0. The quantitative estimate of drug-likeness (QED) is 0.519. The van der Waals surface area contributed by atoms with Gasteiger partial charge in [-0.1, -0.05) is 29.4 Å². The second kappa shape index (κ2) is 6.56. The number of fused-ring (bicyclic) bond motifs is 4. The summed E-state index contributed by atoms with van der Waals surface area (Å²) in [5.41, 5.74) is 2.64. The average molecular weight is 442 g/mol. The summed E-state index contributed by atoms with van der Waals surface area (Å²) in [5.74, 6) is -1.20. The zero-order valence-electron chi connectivity index (χ0n) is 17.0. The highest BCUT2D eigenvalue weighted by Gasteiger charge is 2.50. The molecule has 3 aromatic rings. The van der Waals surface area contributed by atoms with Gasteiger partial charge in [0, 0.05) is 22.1 Å². The predicted molar refractivity (Wildman–Crippen MR) is 112 cm³/mol. The SMILES string of the molecule is COc1ccccc1S(=O)(=O)Nc1noc2c1CC1(CC1)c1ccc(C(C)(O)O)cc1-2. The van der Waals surface area contributed by atoms with Gasteiger partial charge < -0.3 is 19.5 Å². The van der Waals surface area contributed by atoms with Gasteiger partial charge in [-0.15, -0.1) is 0 Å². The molecule has 1 spiro atoms. The first kappa shape index (κ1) is 20.0. The van der Waals surface area contributed by atoms with Crippen LogP contribution in [0.2, 0.25) is 0 Å². The molecular formula is C22H22N2O6S. The van der Waals surface area contributed by atoms with Crippen LogP contribution in [-0.4, -0.2) is 30.9 Å². The minimum atomic E-state index is -3.96. The van der Waals surface area contributed by atoms with Crippen LogP contribution in [0.1, 0.15) is 36.5 Å². The van der Waals surface area contributed by atoms with Crippen LogP contribution in [0.5, 0.6) is 5.75 Å². The number of hydrogen-bond acceptors (Lipinski definition) is 7. The Kier molecular flexibility index (Phi) is 4.24. The summed E-state index contributed by atoms with van der Waals surface area (Å²) in [6.07, 6.45) is 2.51. The summed E-state index contributed by atoms with van der Waals surface area (Å²) < 4.78 is 39.4. The third-order valence-corrected chi connectivity index (χ3v) is 7.51. The topological polar surface area (TPSA) is 122 Å². The minimum absolute atomic E-state index is 0.00482. The fourth-order valence-electron chi connectivity index (χ4n) is 4.31. The van der Waals surface area contributed by atoms with Gasteiger partial charge >= 0.3 is 0 Å². The van der Waals surface area contributed by atoms with Gasteiger partial charge in [-0.05, 0) is 49.9 Å². The molecule has 1 aromatic heterocycles. The molecule has 0 aliphatic heterocycles. The van der Waals surface area contributed by atoms with Crippen molar-refractivity contribution < 1.29 is 27.9 Å². The number of nitrogens with one attached hydrogen (secondary N) is 1. The summed E-state index contributed by atoms with van der Waals surface area (Å²) in [5, 5.41) is 24.1. The third-order valence-electron chi connectivity index (χ3n) is 6.13. The van der Waals surface area contributed by atoms with E-state index < -0.39 is 15.8 Å². The van der Waals surface area contributed by atoms with Gasteiger partial charge in [0.05, 0.1) is 7.11 Å². The van der Waals surface area contributed by atoms with Crippen molar-refractivity contribution in [2.24, 2.45) is 0 Å². The highest BCUT2D eigenvalue weighted by Crippen LogP contribution is 2.58. The number of sulfonamides is 1. The van der Waals surface area contributed by atoms with E-state index in [4.69, 9.17) is 9.26 Å². The molecule has 1 fully saturated rings. The van der Waals surface area contributed by atoms with E-state index in [1.807, 2.05) is 6.07 Å². The second-order valence-electron chi connectivity index (χ2n) is 8.33. The highest BCUT2D eigenvalue weighted by molar-refractivity contribution is 7.92. The van der Waals surface area contributed by atoms with Crippen LogP contribution in [0.4, 0.5) is 5.82 Å². The maximum absolute atomic E-state index is 13.0. The largest absolute Gasteiger partial charge is 0.495 e. The van der Waals surface area contributed by atoms with E-state index in [1.165, 1.54) is 20.1 Å². The Morgan fingerprint density at radius 1 is 1.19 bits per heavy atom. The van der Waals surface area contributed by atoms with Gasteiger partial charge in [-0.3, -0.25) is 4.72 Å². The number of hydrogen-bond donors (Lipinski definition) is 3. The molecule has 162 valence electrons. The van der Waals surface area contributed by atoms with Gasteiger partial charge in [0.25, 0.3) is 10.0 Å². The molecular weight excluding hydrogens is 420 g/mol. The van der Waals surface area contributed by atoms with Crippen molar-refractivity contribution in [3.05, 3.63) is 59.2 Å². The van der Waals surface area contributed by atoms with Crippen molar-refractivity contribution in [1.82, 2.24) is 5.16 Å². The van der Waals surface area contributed by atoms with E-state index in [2.05, 4.69) is 9.88 Å². The Bertz CT molecular complexity index is 1290. The number of anilines is 1. The Morgan fingerprint density at radius 2 is 1.94 bits per heavy atom. The molecule has 3 N–H and O–H groups in total. The van der Waals surface area contributed by atoms with Crippen LogP contribution < -0.4 is 9.46 Å². The van der Waals surface area contributed by atoms with E-state index in [0.717, 1.165) is 18.4 Å². The molecule has 2 aliphatic carbocycles. The molecule has 8 nitrogen and oxygen atoms in total. The van der Waals surface area contributed by atoms with Gasteiger partial charge in [0.1, 0.15) is 10.6 Å². The molecule has 0 saturated heterocycles. The molecule has 0 amide bonds. The molecule has 9 heteroatoms. The lowest BCUT2D eigenvalue weighted by Crippen LogP contribution is -2.23. The monoisotopic (exact) mass is 442 g/mol. The first-order chi connectivity index (χ1) is 14.6. The lowest BCUT2D eigenvalue weighted by molar-refractivity contribution is -0.152. The fourth-order valence-corrected chi connectivity index (χ4v) is 5.51. The van der Waals surface area contributed by atoms with Crippen molar-refractivity contribution in [2.45, 2.75) is 42.3 Å². The highest BCUT2D eigenvalue weighted by atomic mass is 32.2. The first-order valence-corrected chi connectivity index (χ1v) is 11.4. The number of aromatic nitrogens is 1. The number of benzene rings is 2. The lowest BCUT2D eigenvalue weighted by atomic mass is 9.78. The van der Waals surface area contributed by atoms with Crippen molar-refractivity contribution in [1.29, 1.82) is 0 Å². The maximum atomic E-state index is 13.0. The summed E-state index contributed by atoms with van der Waals surface area (Å²) in [6.45, 7) is 1.29. The number of nitrogens with zero attached hydrogens (tertiary/aromatic N) is 1. The van der Waals surface area contributed by atoms with E-state index in [1.54, 1.807) is 30.3 Å². The Balaban J connectivity index is 1.59. The average Bonchev–Trinajstić information content (AvgIpc) is 3.40. The van der Waals surface area contributed by atoms with E-state index in [-0.39, 0.29) is 21.9 Å². The van der Waals surface area contributed by atoms with Crippen molar-refractivity contribution >= 4 is 15.8 Å². The molecule has 1 heterocycles. The molecule has 0 bridgehead atoms. The van der Waals surface area contributed by atoms with Gasteiger partial charge in [-0.25, -0.2) is 8.42 Å². The smallest absolute Gasteiger partial charge is 0.266 e. The maximum Gasteiger partial charge on any atom is 0.266 e. The Hall–Kier alpha value is -2.88. The Morgan fingerprint density at radius 3 is 2.61 bits per heavy atom.